The van der Waals surface area contributed by atoms with Crippen molar-refractivity contribution >= 4 is 17.9 Å². The van der Waals surface area contributed by atoms with Crippen molar-refractivity contribution in [3.8, 4) is 0 Å². The van der Waals surface area contributed by atoms with E-state index in [-0.39, 0.29) is 18.5 Å². The summed E-state index contributed by atoms with van der Waals surface area (Å²) in [4.78, 5) is 13.5. The number of nitrogens with one attached hydrogen (secondary N) is 5. The highest BCUT2D eigenvalue weighted by atomic mass is 19.1. The van der Waals surface area contributed by atoms with Gasteiger partial charge in [-0.2, -0.15) is 0 Å². The number of hydrogen-bond acceptors (Lipinski definition) is 7. The summed E-state index contributed by atoms with van der Waals surface area (Å²) in [7, 11) is 0. The molecule has 3 aliphatic heterocycles. The van der Waals surface area contributed by atoms with Crippen LogP contribution in [0.3, 0.4) is 0 Å². The Hall–Kier alpha value is -3.03. The van der Waals surface area contributed by atoms with E-state index in [1.54, 1.807) is 0 Å². The summed E-state index contributed by atoms with van der Waals surface area (Å²) in [6, 6.07) is 0.197. The van der Waals surface area contributed by atoms with Crippen molar-refractivity contribution in [2.45, 2.75) is 29.6 Å². The van der Waals surface area contributed by atoms with Crippen molar-refractivity contribution in [3.63, 3.8) is 0 Å². The molecule has 1 aromatic carbocycles. The summed E-state index contributed by atoms with van der Waals surface area (Å²) in [5.41, 5.74) is -2.37. The Bertz CT molecular complexity index is 894. The van der Waals surface area contributed by atoms with Gasteiger partial charge in [0, 0.05) is 6.07 Å². The highest BCUT2D eigenvalue weighted by Crippen LogP contribution is 2.44. The van der Waals surface area contributed by atoms with Crippen molar-refractivity contribution in [2.75, 3.05) is 13.2 Å². The number of benzene rings is 1. The zero-order chi connectivity index (χ0) is 21.1. The maximum atomic E-state index is 13.4. The number of carbonyl (C=O) groups is 1. The number of ether oxygens (including phenoxy) is 1. The first kappa shape index (κ1) is 19.3. The lowest BCUT2D eigenvalue weighted by molar-refractivity contribution is -0.258. The molecule has 0 saturated carbocycles. The van der Waals surface area contributed by atoms with Crippen LogP contribution in [-0.2, 0) is 4.74 Å². The number of guanidine groups is 2. The fourth-order valence-corrected chi connectivity index (χ4v) is 4.14. The first-order chi connectivity index (χ1) is 13.6. The summed E-state index contributed by atoms with van der Waals surface area (Å²) in [6.07, 6.45) is -1.65. The maximum absolute atomic E-state index is 13.4. The van der Waals surface area contributed by atoms with Gasteiger partial charge in [0.25, 0.3) is 0 Å². The number of esters is 1. The molecule has 0 amide bonds. The van der Waals surface area contributed by atoms with Gasteiger partial charge in [0.2, 0.25) is 5.79 Å². The minimum absolute atomic E-state index is 0.290. The Kier molecular flexibility index (Phi) is 4.15. The lowest BCUT2D eigenvalue weighted by Gasteiger charge is -2.50. The molecule has 0 radical (unpaired) electrons. The lowest BCUT2D eigenvalue weighted by atomic mass is 9.85. The molecule has 13 heteroatoms. The summed E-state index contributed by atoms with van der Waals surface area (Å²) in [6.45, 7) is -0.868. The molecule has 3 fully saturated rings. The van der Waals surface area contributed by atoms with E-state index in [1.165, 1.54) is 0 Å². The van der Waals surface area contributed by atoms with Crippen LogP contribution in [0.1, 0.15) is 10.4 Å². The Morgan fingerprint density at radius 3 is 2.52 bits per heavy atom. The molecule has 3 saturated heterocycles. The highest BCUT2D eigenvalue weighted by Gasteiger charge is 2.75. The third-order valence-corrected chi connectivity index (χ3v) is 5.39. The van der Waals surface area contributed by atoms with Gasteiger partial charge >= 0.3 is 5.97 Å². The van der Waals surface area contributed by atoms with Gasteiger partial charge in [0.15, 0.2) is 23.7 Å². The predicted molar refractivity (Wildman–Crippen MR) is 91.7 cm³/mol. The van der Waals surface area contributed by atoms with Crippen LogP contribution in [0.5, 0.6) is 0 Å². The monoisotopic (exact) mass is 412 g/mol. The van der Waals surface area contributed by atoms with E-state index in [0.29, 0.717) is 6.07 Å². The molecule has 1 unspecified atom stereocenters. The molecule has 3 heterocycles. The SMILES string of the molecule is N=C1NC2[C@H](CO)NC(=N)N3C[C@H](OC(=O)c4cc(F)cc(F)c4)C(O)(O)[C@]23N1. The average Bonchev–Trinajstić information content (AvgIpc) is 3.09. The molecule has 4 atom stereocenters. The normalized spacial score (nSPS) is 32.0. The first-order valence-corrected chi connectivity index (χ1v) is 8.59. The van der Waals surface area contributed by atoms with Crippen LogP contribution >= 0.6 is 0 Å². The third-order valence-electron chi connectivity index (χ3n) is 5.39. The van der Waals surface area contributed by atoms with Gasteiger partial charge in [-0.15, -0.1) is 0 Å². The number of aliphatic hydroxyl groups excluding tert-OH is 1. The Morgan fingerprint density at radius 1 is 1.24 bits per heavy atom. The van der Waals surface area contributed by atoms with Crippen molar-refractivity contribution in [1.82, 2.24) is 20.9 Å². The number of carbonyl (C=O) groups excluding carboxylic acids is 1. The summed E-state index contributed by atoms with van der Waals surface area (Å²) in [5, 5.41) is 55.4. The molecule has 0 aliphatic carbocycles. The number of halogens is 2. The van der Waals surface area contributed by atoms with E-state index < -0.39 is 59.4 Å². The standard InChI is InChI=1S/C16H18F2N6O5/c17-7-1-6(2-8(18)3-7)12(26)29-10-4-24-14(20)21-9(5-25)11-15(24,16(10,27)28)23-13(19)22-11/h1-3,9-11,25,27-28H,4-5H2,(H2,20,21)(H3,19,22,23)/t9-,10-,11?,15-/m0/s1. The van der Waals surface area contributed by atoms with Crippen LogP contribution in [-0.4, -0.2) is 80.9 Å². The van der Waals surface area contributed by atoms with Crippen molar-refractivity contribution in [2.24, 2.45) is 0 Å². The van der Waals surface area contributed by atoms with Crippen molar-refractivity contribution in [3.05, 3.63) is 35.4 Å². The third kappa shape index (κ3) is 2.62. The molecular formula is C16H18F2N6O5. The van der Waals surface area contributed by atoms with Gasteiger partial charge in [-0.25, -0.2) is 13.6 Å². The molecule has 0 bridgehead atoms. The summed E-state index contributed by atoms with van der Waals surface area (Å²) >= 11 is 0. The van der Waals surface area contributed by atoms with Crippen LogP contribution in [0.15, 0.2) is 18.2 Å². The molecule has 3 aliphatic rings. The van der Waals surface area contributed by atoms with Crippen LogP contribution in [0, 0.1) is 22.5 Å². The van der Waals surface area contributed by atoms with Gasteiger partial charge in [0.05, 0.1) is 30.8 Å². The second kappa shape index (κ2) is 6.23. The zero-order valence-corrected chi connectivity index (χ0v) is 14.7. The number of rotatable bonds is 3. The molecule has 4 rings (SSSR count). The fraction of sp³-hybridized carbons (Fsp3) is 0.438. The number of aliphatic hydroxyl groups is 3. The fourth-order valence-electron chi connectivity index (χ4n) is 4.14. The van der Waals surface area contributed by atoms with Gasteiger partial charge in [-0.1, -0.05) is 0 Å². The largest absolute Gasteiger partial charge is 0.451 e. The van der Waals surface area contributed by atoms with E-state index in [1.807, 2.05) is 0 Å². The van der Waals surface area contributed by atoms with Crippen LogP contribution in [0.25, 0.3) is 0 Å². The summed E-state index contributed by atoms with van der Waals surface area (Å²) < 4.78 is 31.9. The average molecular weight is 412 g/mol. The molecule has 1 spiro atoms. The molecule has 0 aromatic heterocycles. The van der Waals surface area contributed by atoms with E-state index in [4.69, 9.17) is 15.6 Å². The van der Waals surface area contributed by atoms with Crippen LogP contribution in [0.4, 0.5) is 8.78 Å². The summed E-state index contributed by atoms with van der Waals surface area (Å²) in [5.74, 6) is -6.64. The topological polar surface area (TPSA) is 174 Å². The second-order valence-electron chi connectivity index (χ2n) is 7.06. The Balaban J connectivity index is 1.68. The minimum atomic E-state index is -2.84. The van der Waals surface area contributed by atoms with Crippen LogP contribution < -0.4 is 16.0 Å². The van der Waals surface area contributed by atoms with Crippen LogP contribution in [0.2, 0.25) is 0 Å². The van der Waals surface area contributed by atoms with Crippen molar-refractivity contribution in [1.29, 1.82) is 10.8 Å². The van der Waals surface area contributed by atoms with Crippen molar-refractivity contribution < 1.29 is 33.6 Å². The van der Waals surface area contributed by atoms with E-state index in [2.05, 4.69) is 16.0 Å². The second-order valence-corrected chi connectivity index (χ2v) is 7.06. The Morgan fingerprint density at radius 2 is 1.90 bits per heavy atom. The minimum Gasteiger partial charge on any atom is -0.451 e. The maximum Gasteiger partial charge on any atom is 0.338 e. The van der Waals surface area contributed by atoms with Gasteiger partial charge in [-0.3, -0.25) is 10.8 Å². The first-order valence-electron chi connectivity index (χ1n) is 8.59. The number of nitrogens with zero attached hydrogens (tertiary/aromatic N) is 1. The van der Waals surface area contributed by atoms with E-state index in [9.17, 15) is 28.9 Å². The smallest absolute Gasteiger partial charge is 0.338 e. The highest BCUT2D eigenvalue weighted by molar-refractivity contribution is 5.90. The molecule has 11 nitrogen and oxygen atoms in total. The molecular weight excluding hydrogens is 394 g/mol. The quantitative estimate of drug-likeness (QED) is 0.198. The predicted octanol–water partition coefficient (Wildman–Crippen LogP) is -2.42. The van der Waals surface area contributed by atoms with Gasteiger partial charge in [-0.05, 0) is 12.1 Å². The van der Waals surface area contributed by atoms with E-state index >= 15 is 0 Å². The van der Waals surface area contributed by atoms with E-state index in [0.717, 1.165) is 17.0 Å². The molecule has 1 aromatic rings. The number of hydrogen-bond donors (Lipinski definition) is 8. The van der Waals surface area contributed by atoms with Gasteiger partial charge in [0.1, 0.15) is 11.6 Å². The molecule has 156 valence electrons. The Labute approximate surface area is 162 Å². The lowest BCUT2D eigenvalue weighted by Crippen LogP contribution is -2.80. The zero-order valence-electron chi connectivity index (χ0n) is 14.7. The molecule has 8 N–H and O–H groups in total. The molecule has 29 heavy (non-hydrogen) atoms. The van der Waals surface area contributed by atoms with Gasteiger partial charge < -0.3 is 40.9 Å².